The van der Waals surface area contributed by atoms with Gasteiger partial charge in [-0.15, -0.1) is 0 Å². The first-order valence-electron chi connectivity index (χ1n) is 7.41. The molecule has 0 aliphatic carbocycles. The first-order valence-corrected chi connectivity index (χ1v) is 7.41. The van der Waals surface area contributed by atoms with Gasteiger partial charge in [0.25, 0.3) is 11.8 Å². The monoisotopic (exact) mass is 322 g/mol. The molecule has 1 aromatic heterocycles. The second-order valence-corrected chi connectivity index (χ2v) is 5.24. The number of hydrogen-bond donors (Lipinski definition) is 2. The molecule has 0 aliphatic rings. The molecule has 124 valence electrons. The van der Waals surface area contributed by atoms with Crippen molar-refractivity contribution in [3.8, 4) is 0 Å². The minimum absolute atomic E-state index is 0.316. The van der Waals surface area contributed by atoms with Crippen LogP contribution >= 0.6 is 0 Å². The second kappa shape index (κ2) is 7.32. The first kappa shape index (κ1) is 17.1. The normalized spacial score (nSPS) is 11.5. The second-order valence-electron chi connectivity index (χ2n) is 5.24. The predicted octanol–water partition coefficient (Wildman–Crippen LogP) is 1.82. The molecule has 2 aromatic rings. The van der Waals surface area contributed by atoms with Gasteiger partial charge in [-0.2, -0.15) is 5.10 Å². The van der Waals surface area contributed by atoms with Crippen LogP contribution in [-0.4, -0.2) is 34.7 Å². The Hall–Kier alpha value is -2.28. The van der Waals surface area contributed by atoms with E-state index in [1.165, 1.54) is 6.20 Å². The Labute approximate surface area is 133 Å². The van der Waals surface area contributed by atoms with Crippen LogP contribution in [0.15, 0.2) is 36.5 Å². The zero-order valence-corrected chi connectivity index (χ0v) is 12.9. The van der Waals surface area contributed by atoms with E-state index < -0.39 is 24.9 Å². The zero-order chi connectivity index (χ0) is 16.9. The number of amides is 1. The number of carbonyl (C=O) groups is 1. The summed E-state index contributed by atoms with van der Waals surface area (Å²) in [5.74, 6) is -3.67. The van der Waals surface area contributed by atoms with Gasteiger partial charge in [0.2, 0.25) is 0 Å². The van der Waals surface area contributed by atoms with Crippen molar-refractivity contribution in [2.75, 3.05) is 13.1 Å². The molecule has 23 heavy (non-hydrogen) atoms. The fourth-order valence-electron chi connectivity index (χ4n) is 2.24. The molecule has 5 nitrogen and oxygen atoms in total. The summed E-state index contributed by atoms with van der Waals surface area (Å²) in [5, 5.41) is 6.43. The van der Waals surface area contributed by atoms with Crippen molar-refractivity contribution in [1.29, 1.82) is 0 Å². The standard InChI is InChI=1S/C16H20F2N4O/c1-2-14-13(15(23)20-11-16(17,18)10-19)8-21-22(14)9-12-6-4-3-5-7-12/h3-8H,2,9-11,19H2,1H3,(H,20,23). The maximum absolute atomic E-state index is 13.1. The van der Waals surface area contributed by atoms with E-state index in [-0.39, 0.29) is 0 Å². The van der Waals surface area contributed by atoms with Crippen LogP contribution in [0.1, 0.15) is 28.5 Å². The first-order chi connectivity index (χ1) is 11.0. The highest BCUT2D eigenvalue weighted by molar-refractivity contribution is 5.95. The van der Waals surface area contributed by atoms with Crippen LogP contribution in [0.4, 0.5) is 8.78 Å². The Kier molecular flexibility index (Phi) is 5.44. The average molecular weight is 322 g/mol. The molecule has 0 saturated heterocycles. The summed E-state index contributed by atoms with van der Waals surface area (Å²) >= 11 is 0. The summed E-state index contributed by atoms with van der Waals surface area (Å²) in [6, 6.07) is 9.69. The molecule has 1 aromatic carbocycles. The number of halogens is 2. The molecular weight excluding hydrogens is 302 g/mol. The van der Waals surface area contributed by atoms with Gasteiger partial charge in [0.15, 0.2) is 0 Å². The van der Waals surface area contributed by atoms with E-state index in [0.717, 1.165) is 5.56 Å². The number of carbonyl (C=O) groups excluding carboxylic acids is 1. The fourth-order valence-corrected chi connectivity index (χ4v) is 2.24. The highest BCUT2D eigenvalue weighted by Gasteiger charge is 2.28. The summed E-state index contributed by atoms with van der Waals surface area (Å²) in [4.78, 5) is 12.1. The molecule has 3 N–H and O–H groups in total. The van der Waals surface area contributed by atoms with E-state index in [0.29, 0.717) is 24.2 Å². The van der Waals surface area contributed by atoms with Crippen molar-refractivity contribution in [2.24, 2.45) is 5.73 Å². The van der Waals surface area contributed by atoms with Crippen LogP contribution in [0.3, 0.4) is 0 Å². The number of nitrogens with two attached hydrogens (primary N) is 1. The topological polar surface area (TPSA) is 72.9 Å². The van der Waals surface area contributed by atoms with Gasteiger partial charge in [-0.1, -0.05) is 37.3 Å². The third kappa shape index (κ3) is 4.35. The minimum atomic E-state index is -3.11. The third-order valence-electron chi connectivity index (χ3n) is 3.51. The van der Waals surface area contributed by atoms with Crippen LogP contribution in [0.25, 0.3) is 0 Å². The van der Waals surface area contributed by atoms with E-state index in [9.17, 15) is 13.6 Å². The summed E-state index contributed by atoms with van der Waals surface area (Å²) in [6.45, 7) is 0.830. The molecular formula is C16H20F2N4O. The van der Waals surface area contributed by atoms with Crippen molar-refractivity contribution in [2.45, 2.75) is 25.8 Å². The molecule has 0 fully saturated rings. The highest BCUT2D eigenvalue weighted by Crippen LogP contribution is 2.14. The number of benzene rings is 1. The van der Waals surface area contributed by atoms with Crippen molar-refractivity contribution in [3.63, 3.8) is 0 Å². The number of aromatic nitrogens is 2. The summed E-state index contributed by atoms with van der Waals surface area (Å²) < 4.78 is 28.0. The lowest BCUT2D eigenvalue weighted by molar-refractivity contribution is 0.0118. The Balaban J connectivity index is 2.13. The van der Waals surface area contributed by atoms with Crippen LogP contribution in [0, 0.1) is 0 Å². The molecule has 0 bridgehead atoms. The number of nitrogens with one attached hydrogen (secondary N) is 1. The van der Waals surface area contributed by atoms with Gasteiger partial charge >= 0.3 is 0 Å². The lowest BCUT2D eigenvalue weighted by Crippen LogP contribution is -2.41. The third-order valence-corrected chi connectivity index (χ3v) is 3.51. The van der Waals surface area contributed by atoms with Crippen LogP contribution < -0.4 is 11.1 Å². The largest absolute Gasteiger partial charge is 0.346 e. The average Bonchev–Trinajstić information content (AvgIpc) is 2.96. The molecule has 0 radical (unpaired) electrons. The molecule has 7 heteroatoms. The van der Waals surface area contributed by atoms with Gasteiger partial charge in [0.1, 0.15) is 0 Å². The van der Waals surface area contributed by atoms with Crippen molar-refractivity contribution in [3.05, 3.63) is 53.3 Å². The summed E-state index contributed by atoms with van der Waals surface area (Å²) in [5.41, 5.74) is 7.03. The Morgan fingerprint density at radius 3 is 2.65 bits per heavy atom. The lowest BCUT2D eigenvalue weighted by Gasteiger charge is -2.14. The predicted molar refractivity (Wildman–Crippen MR) is 83.5 cm³/mol. The SMILES string of the molecule is CCc1c(C(=O)NCC(F)(F)CN)cnn1Cc1ccccc1. The molecule has 0 atom stereocenters. The lowest BCUT2D eigenvalue weighted by atomic mass is 10.1. The van der Waals surface area contributed by atoms with Gasteiger partial charge in [-0.05, 0) is 12.0 Å². The van der Waals surface area contributed by atoms with Crippen LogP contribution in [-0.2, 0) is 13.0 Å². The fraction of sp³-hybridized carbons (Fsp3) is 0.375. The quantitative estimate of drug-likeness (QED) is 0.817. The van der Waals surface area contributed by atoms with E-state index in [1.54, 1.807) is 4.68 Å². The molecule has 0 saturated carbocycles. The minimum Gasteiger partial charge on any atom is -0.346 e. The van der Waals surface area contributed by atoms with Crippen molar-refractivity contribution < 1.29 is 13.6 Å². The Morgan fingerprint density at radius 2 is 2.04 bits per heavy atom. The van der Waals surface area contributed by atoms with E-state index in [1.807, 2.05) is 37.3 Å². The summed E-state index contributed by atoms with van der Waals surface area (Å²) in [7, 11) is 0. The maximum atomic E-state index is 13.1. The molecule has 0 aliphatic heterocycles. The van der Waals surface area contributed by atoms with E-state index in [4.69, 9.17) is 5.73 Å². The number of hydrogen-bond acceptors (Lipinski definition) is 3. The molecule has 0 spiro atoms. The van der Waals surface area contributed by atoms with Crippen LogP contribution in [0.2, 0.25) is 0 Å². The van der Waals surface area contributed by atoms with Crippen molar-refractivity contribution >= 4 is 5.91 Å². The zero-order valence-electron chi connectivity index (χ0n) is 12.9. The Bertz CT molecular complexity index is 655. The summed E-state index contributed by atoms with van der Waals surface area (Å²) in [6.07, 6.45) is 1.99. The van der Waals surface area contributed by atoms with Gasteiger partial charge in [0.05, 0.1) is 37.1 Å². The highest BCUT2D eigenvalue weighted by atomic mass is 19.3. The molecule has 1 amide bonds. The van der Waals surface area contributed by atoms with Gasteiger partial charge in [-0.3, -0.25) is 9.48 Å². The van der Waals surface area contributed by atoms with E-state index in [2.05, 4.69) is 10.4 Å². The smallest absolute Gasteiger partial charge is 0.277 e. The van der Waals surface area contributed by atoms with Gasteiger partial charge < -0.3 is 11.1 Å². The molecule has 2 rings (SSSR count). The Morgan fingerprint density at radius 1 is 1.35 bits per heavy atom. The molecule has 1 heterocycles. The van der Waals surface area contributed by atoms with E-state index >= 15 is 0 Å². The van der Waals surface area contributed by atoms with Gasteiger partial charge in [0, 0.05) is 0 Å². The molecule has 0 unspecified atom stereocenters. The van der Waals surface area contributed by atoms with Crippen LogP contribution in [0.5, 0.6) is 0 Å². The van der Waals surface area contributed by atoms with Gasteiger partial charge in [-0.25, -0.2) is 8.78 Å². The number of nitrogens with zero attached hydrogens (tertiary/aromatic N) is 2. The number of rotatable bonds is 7. The van der Waals surface area contributed by atoms with Crippen molar-refractivity contribution in [1.82, 2.24) is 15.1 Å². The maximum Gasteiger partial charge on any atom is 0.277 e. The number of alkyl halides is 2.